The zero-order chi connectivity index (χ0) is 21.5. The molecule has 1 saturated carbocycles. The predicted octanol–water partition coefficient (Wildman–Crippen LogP) is 4.67. The van der Waals surface area contributed by atoms with Gasteiger partial charge in [0, 0.05) is 18.0 Å². The summed E-state index contributed by atoms with van der Waals surface area (Å²) in [6, 6.07) is 13.0. The molecule has 3 aromatic heterocycles. The van der Waals surface area contributed by atoms with E-state index in [-0.39, 0.29) is 12.5 Å². The van der Waals surface area contributed by atoms with Gasteiger partial charge in [-0.25, -0.2) is 14.6 Å². The first kappa shape index (κ1) is 19.9. The van der Waals surface area contributed by atoms with Crippen LogP contribution in [0.5, 0.6) is 0 Å². The van der Waals surface area contributed by atoms with E-state index in [1.165, 1.54) is 5.56 Å². The quantitative estimate of drug-likeness (QED) is 0.445. The number of hydrogen-bond donors (Lipinski definition) is 0. The van der Waals surface area contributed by atoms with E-state index in [2.05, 4.69) is 52.7 Å². The Bertz CT molecular complexity index is 1260. The molecule has 0 saturated heterocycles. The van der Waals surface area contributed by atoms with E-state index in [1.807, 2.05) is 24.8 Å². The maximum Gasteiger partial charge on any atom is 0.244 e. The van der Waals surface area contributed by atoms with Crippen LogP contribution < -0.4 is 0 Å². The van der Waals surface area contributed by atoms with Crippen LogP contribution in [-0.2, 0) is 17.9 Å². The van der Waals surface area contributed by atoms with E-state index in [0.717, 1.165) is 45.7 Å². The maximum absolute atomic E-state index is 13.3. The van der Waals surface area contributed by atoms with Gasteiger partial charge in [0.05, 0.1) is 16.1 Å². The van der Waals surface area contributed by atoms with Crippen LogP contribution in [0.4, 0.5) is 0 Å². The minimum Gasteiger partial charge on any atom is -0.334 e. The summed E-state index contributed by atoms with van der Waals surface area (Å²) < 4.78 is 1.70. The second kappa shape index (κ2) is 7.89. The maximum atomic E-state index is 13.3. The Hall–Kier alpha value is -3.06. The highest BCUT2D eigenvalue weighted by atomic mass is 32.1. The number of rotatable bonds is 6. The molecule has 0 atom stereocenters. The summed E-state index contributed by atoms with van der Waals surface area (Å²) in [7, 11) is 0. The first-order valence-electron chi connectivity index (χ1n) is 10.6. The monoisotopic (exact) mass is 431 g/mol. The highest BCUT2D eigenvalue weighted by Gasteiger charge is 2.33. The normalized spacial score (nSPS) is 13.6. The molecule has 158 valence electrons. The first-order valence-corrected chi connectivity index (χ1v) is 11.5. The van der Waals surface area contributed by atoms with Gasteiger partial charge in [0.1, 0.15) is 18.2 Å². The Morgan fingerprint density at radius 3 is 2.68 bits per heavy atom. The number of hydrogen-bond acceptors (Lipinski definition) is 5. The van der Waals surface area contributed by atoms with Crippen LogP contribution in [-0.4, -0.2) is 36.6 Å². The van der Waals surface area contributed by atoms with Gasteiger partial charge in [-0.2, -0.15) is 5.10 Å². The van der Waals surface area contributed by atoms with Gasteiger partial charge in [-0.15, -0.1) is 11.3 Å². The molecule has 0 spiro atoms. The van der Waals surface area contributed by atoms with Gasteiger partial charge in [-0.3, -0.25) is 4.79 Å². The topological polar surface area (TPSA) is 63.9 Å². The number of carbonyl (C=O) groups excluding carboxylic acids is 1. The van der Waals surface area contributed by atoms with Crippen molar-refractivity contribution in [2.45, 2.75) is 52.7 Å². The third-order valence-electron chi connectivity index (χ3n) is 5.70. The Balaban J connectivity index is 1.51. The lowest BCUT2D eigenvalue weighted by atomic mass is 10.1. The van der Waals surface area contributed by atoms with Crippen LogP contribution >= 0.6 is 11.3 Å². The van der Waals surface area contributed by atoms with E-state index in [0.29, 0.717) is 18.4 Å². The standard InChI is InChI=1S/C24H25N5OS/c1-15-6-7-18-12-19(24(26-21(18)11-15)22-5-4-10-31-22)13-28(20-8-9-20)23(30)14-29-17(3)25-16(2)27-29/h4-7,10-12,20H,8-9,13-14H2,1-3H3. The summed E-state index contributed by atoms with van der Waals surface area (Å²) in [5, 5.41) is 7.55. The minimum absolute atomic E-state index is 0.0802. The number of aromatic nitrogens is 4. The lowest BCUT2D eigenvalue weighted by molar-refractivity contribution is -0.133. The molecule has 0 bridgehead atoms. The fourth-order valence-electron chi connectivity index (χ4n) is 3.99. The lowest BCUT2D eigenvalue weighted by Gasteiger charge is -2.24. The highest BCUT2D eigenvalue weighted by Crippen LogP contribution is 2.34. The summed E-state index contributed by atoms with van der Waals surface area (Å²) >= 11 is 1.68. The molecule has 0 aliphatic heterocycles. The minimum atomic E-state index is 0.0802. The summed E-state index contributed by atoms with van der Waals surface area (Å²) in [5.41, 5.74) is 4.24. The van der Waals surface area contributed by atoms with Crippen molar-refractivity contribution in [1.82, 2.24) is 24.6 Å². The summed E-state index contributed by atoms with van der Waals surface area (Å²) in [5.74, 6) is 1.54. The molecule has 31 heavy (non-hydrogen) atoms. The van der Waals surface area contributed by atoms with Gasteiger partial charge in [-0.05, 0) is 68.3 Å². The third-order valence-corrected chi connectivity index (χ3v) is 6.58. The molecule has 5 rings (SSSR count). The average molecular weight is 432 g/mol. The molecule has 6 nitrogen and oxygen atoms in total. The van der Waals surface area contributed by atoms with Crippen LogP contribution in [0.25, 0.3) is 21.5 Å². The van der Waals surface area contributed by atoms with Crippen LogP contribution in [0.15, 0.2) is 41.8 Å². The molecule has 7 heteroatoms. The predicted molar refractivity (Wildman–Crippen MR) is 123 cm³/mol. The Kier molecular flexibility index (Phi) is 5.06. The Morgan fingerprint density at radius 1 is 1.16 bits per heavy atom. The number of nitrogens with zero attached hydrogens (tertiary/aromatic N) is 5. The zero-order valence-electron chi connectivity index (χ0n) is 18.0. The molecular weight excluding hydrogens is 406 g/mol. The molecule has 0 N–H and O–H groups in total. The molecule has 0 radical (unpaired) electrons. The molecule has 1 fully saturated rings. The van der Waals surface area contributed by atoms with Gasteiger partial charge in [0.15, 0.2) is 0 Å². The van der Waals surface area contributed by atoms with Crippen molar-refractivity contribution in [2.75, 3.05) is 0 Å². The zero-order valence-corrected chi connectivity index (χ0v) is 18.8. The van der Waals surface area contributed by atoms with Crippen molar-refractivity contribution in [1.29, 1.82) is 0 Å². The van der Waals surface area contributed by atoms with Crippen molar-refractivity contribution >= 4 is 28.1 Å². The fraction of sp³-hybridized carbons (Fsp3) is 0.333. The molecule has 1 aromatic carbocycles. The van der Waals surface area contributed by atoms with Crippen LogP contribution in [0.2, 0.25) is 0 Å². The summed E-state index contributed by atoms with van der Waals surface area (Å²) in [4.78, 5) is 25.8. The van der Waals surface area contributed by atoms with Crippen LogP contribution in [0.1, 0.15) is 35.6 Å². The largest absolute Gasteiger partial charge is 0.334 e. The number of benzene rings is 1. The molecular formula is C24H25N5OS. The fourth-order valence-corrected chi connectivity index (χ4v) is 4.74. The lowest BCUT2D eigenvalue weighted by Crippen LogP contribution is -2.36. The smallest absolute Gasteiger partial charge is 0.244 e. The van der Waals surface area contributed by atoms with Crippen molar-refractivity contribution in [3.8, 4) is 10.6 Å². The van der Waals surface area contributed by atoms with E-state index in [4.69, 9.17) is 4.98 Å². The molecule has 1 aliphatic carbocycles. The average Bonchev–Trinajstić information content (AvgIpc) is 3.32. The SMILES string of the molecule is Cc1ccc2cc(CN(C(=O)Cn3nc(C)nc3C)C3CC3)c(-c3cccs3)nc2c1. The highest BCUT2D eigenvalue weighted by molar-refractivity contribution is 7.13. The number of aryl methyl sites for hydroxylation is 3. The van der Waals surface area contributed by atoms with E-state index in [9.17, 15) is 4.79 Å². The first-order chi connectivity index (χ1) is 15.0. The van der Waals surface area contributed by atoms with E-state index >= 15 is 0 Å². The summed E-state index contributed by atoms with van der Waals surface area (Å²) in [6.45, 7) is 6.60. The van der Waals surface area contributed by atoms with Gasteiger partial charge in [-0.1, -0.05) is 18.2 Å². The summed E-state index contributed by atoms with van der Waals surface area (Å²) in [6.07, 6.45) is 2.10. The number of carbonyl (C=O) groups is 1. The van der Waals surface area contributed by atoms with E-state index in [1.54, 1.807) is 16.0 Å². The van der Waals surface area contributed by atoms with Crippen molar-refractivity contribution in [3.63, 3.8) is 0 Å². The number of fused-ring (bicyclic) bond motifs is 1. The van der Waals surface area contributed by atoms with E-state index < -0.39 is 0 Å². The molecule has 4 aromatic rings. The van der Waals surface area contributed by atoms with Crippen molar-refractivity contribution in [2.24, 2.45) is 0 Å². The van der Waals surface area contributed by atoms with Gasteiger partial charge < -0.3 is 4.90 Å². The van der Waals surface area contributed by atoms with Gasteiger partial charge >= 0.3 is 0 Å². The second-order valence-electron chi connectivity index (χ2n) is 8.29. The molecule has 3 heterocycles. The van der Waals surface area contributed by atoms with Gasteiger partial charge in [0.25, 0.3) is 0 Å². The Morgan fingerprint density at radius 2 is 2.00 bits per heavy atom. The van der Waals surface area contributed by atoms with Gasteiger partial charge in [0.2, 0.25) is 5.91 Å². The van der Waals surface area contributed by atoms with Crippen molar-refractivity contribution in [3.05, 3.63) is 64.6 Å². The number of thiophene rings is 1. The number of pyridine rings is 1. The second-order valence-corrected chi connectivity index (χ2v) is 9.23. The molecule has 1 amide bonds. The Labute approximate surface area is 185 Å². The molecule has 0 unspecified atom stereocenters. The number of amides is 1. The van der Waals surface area contributed by atoms with Crippen LogP contribution in [0.3, 0.4) is 0 Å². The molecule has 1 aliphatic rings. The van der Waals surface area contributed by atoms with Crippen LogP contribution in [0, 0.1) is 20.8 Å². The van der Waals surface area contributed by atoms with Crippen molar-refractivity contribution < 1.29 is 4.79 Å². The third kappa shape index (κ3) is 4.10.